The van der Waals surface area contributed by atoms with Crippen LogP contribution in [0, 0.1) is 0 Å². The van der Waals surface area contributed by atoms with Gasteiger partial charge in [-0.2, -0.15) is 0 Å². The Balaban J connectivity index is 1.50. The largest absolute Gasteiger partial charge is 0.461 e. The molecule has 5 rings (SSSR count). The molecule has 6 nitrogen and oxygen atoms in total. The SMILES string of the molecule is C=CCn1c(SCc2cc(=O)oc3cc4c(cc23)CCC4)nnc1-c1ccco1. The van der Waals surface area contributed by atoms with Crippen LogP contribution in [0.3, 0.4) is 0 Å². The van der Waals surface area contributed by atoms with E-state index in [4.69, 9.17) is 8.83 Å². The van der Waals surface area contributed by atoms with Gasteiger partial charge in [-0.25, -0.2) is 4.79 Å². The van der Waals surface area contributed by atoms with E-state index in [1.165, 1.54) is 22.9 Å². The molecular weight excluding hydrogens is 386 g/mol. The summed E-state index contributed by atoms with van der Waals surface area (Å²) in [6.07, 6.45) is 6.70. The summed E-state index contributed by atoms with van der Waals surface area (Å²) in [5, 5.41) is 10.4. The lowest BCUT2D eigenvalue weighted by atomic mass is 10.0. The molecule has 1 aliphatic carbocycles. The van der Waals surface area contributed by atoms with Crippen molar-refractivity contribution in [1.29, 1.82) is 0 Å². The molecule has 4 aromatic rings. The highest BCUT2D eigenvalue weighted by Crippen LogP contribution is 2.32. The second-order valence-electron chi connectivity index (χ2n) is 7.03. The monoisotopic (exact) mass is 405 g/mol. The van der Waals surface area contributed by atoms with Crippen molar-refractivity contribution in [2.45, 2.75) is 36.7 Å². The minimum atomic E-state index is -0.324. The molecule has 1 aliphatic rings. The minimum Gasteiger partial charge on any atom is -0.461 e. The molecule has 0 atom stereocenters. The van der Waals surface area contributed by atoms with Crippen LogP contribution in [0.4, 0.5) is 0 Å². The summed E-state index contributed by atoms with van der Waals surface area (Å²) in [6, 6.07) is 9.47. The molecule has 3 aromatic heterocycles. The number of nitrogens with zero attached hydrogens (tertiary/aromatic N) is 3. The first-order chi connectivity index (χ1) is 14.2. The fraction of sp³-hybridized carbons (Fsp3) is 0.227. The number of aromatic nitrogens is 3. The van der Waals surface area contributed by atoms with Crippen molar-refractivity contribution in [1.82, 2.24) is 14.8 Å². The first-order valence-corrected chi connectivity index (χ1v) is 10.5. The lowest BCUT2D eigenvalue weighted by Gasteiger charge is -2.09. The van der Waals surface area contributed by atoms with E-state index in [2.05, 4.69) is 22.8 Å². The Morgan fingerprint density at radius 3 is 2.86 bits per heavy atom. The zero-order valence-corrected chi connectivity index (χ0v) is 16.6. The first-order valence-electron chi connectivity index (χ1n) is 9.52. The number of benzene rings is 1. The maximum absolute atomic E-state index is 12.1. The molecule has 0 saturated heterocycles. The Hall–Kier alpha value is -3.06. The maximum atomic E-state index is 12.1. The smallest absolute Gasteiger partial charge is 0.336 e. The van der Waals surface area contributed by atoms with Gasteiger partial charge in [-0.15, -0.1) is 16.8 Å². The molecular formula is C22H19N3O3S. The van der Waals surface area contributed by atoms with E-state index in [1.54, 1.807) is 18.4 Å². The minimum absolute atomic E-state index is 0.324. The van der Waals surface area contributed by atoms with E-state index in [0.717, 1.165) is 35.4 Å². The highest BCUT2D eigenvalue weighted by Gasteiger charge is 2.18. The number of allylic oxidation sites excluding steroid dienone is 1. The van der Waals surface area contributed by atoms with E-state index < -0.39 is 0 Å². The van der Waals surface area contributed by atoms with Crippen LogP contribution in [0.25, 0.3) is 22.6 Å². The summed E-state index contributed by atoms with van der Waals surface area (Å²) < 4.78 is 12.9. The van der Waals surface area contributed by atoms with E-state index in [9.17, 15) is 4.79 Å². The number of furan rings is 1. The van der Waals surface area contributed by atoms with Crippen LogP contribution in [-0.2, 0) is 25.1 Å². The Kier molecular flexibility index (Phi) is 4.60. The van der Waals surface area contributed by atoms with Crippen LogP contribution >= 0.6 is 11.8 Å². The molecule has 0 fully saturated rings. The quantitative estimate of drug-likeness (QED) is 0.265. The van der Waals surface area contributed by atoms with Gasteiger partial charge in [-0.3, -0.25) is 4.57 Å². The van der Waals surface area contributed by atoms with Gasteiger partial charge in [0.25, 0.3) is 0 Å². The molecule has 0 aliphatic heterocycles. The van der Waals surface area contributed by atoms with Gasteiger partial charge in [0.05, 0.1) is 6.26 Å². The van der Waals surface area contributed by atoms with Crippen LogP contribution in [0.2, 0.25) is 0 Å². The Morgan fingerprint density at radius 2 is 2.07 bits per heavy atom. The van der Waals surface area contributed by atoms with Crippen molar-refractivity contribution in [2.75, 3.05) is 0 Å². The van der Waals surface area contributed by atoms with Crippen LogP contribution in [0.15, 0.2) is 68.0 Å². The molecule has 0 unspecified atom stereocenters. The molecule has 7 heteroatoms. The Labute approximate surface area is 171 Å². The predicted molar refractivity (Wildman–Crippen MR) is 112 cm³/mol. The Morgan fingerprint density at radius 1 is 1.21 bits per heavy atom. The summed E-state index contributed by atoms with van der Waals surface area (Å²) in [4.78, 5) is 12.1. The van der Waals surface area contributed by atoms with Crippen LogP contribution in [0.1, 0.15) is 23.1 Å². The molecule has 29 heavy (non-hydrogen) atoms. The fourth-order valence-corrected chi connectivity index (χ4v) is 4.77. The molecule has 0 bridgehead atoms. The summed E-state index contributed by atoms with van der Waals surface area (Å²) in [5.41, 5.74) is 3.93. The zero-order chi connectivity index (χ0) is 19.8. The third kappa shape index (κ3) is 3.31. The molecule has 3 heterocycles. The lowest BCUT2D eigenvalue weighted by molar-refractivity contribution is 0.559. The molecule has 0 N–H and O–H groups in total. The lowest BCUT2D eigenvalue weighted by Crippen LogP contribution is -2.02. The first kappa shape index (κ1) is 18.0. The third-order valence-corrected chi connectivity index (χ3v) is 6.19. The number of thioether (sulfide) groups is 1. The van der Waals surface area contributed by atoms with E-state index in [-0.39, 0.29) is 5.63 Å². The Bertz CT molecular complexity index is 1250. The molecule has 0 radical (unpaired) electrons. The highest BCUT2D eigenvalue weighted by molar-refractivity contribution is 7.98. The van der Waals surface area contributed by atoms with Crippen molar-refractivity contribution in [2.24, 2.45) is 0 Å². The summed E-state index contributed by atoms with van der Waals surface area (Å²) in [6.45, 7) is 4.40. The number of aryl methyl sites for hydroxylation is 2. The van der Waals surface area contributed by atoms with Crippen molar-refractivity contribution in [3.05, 3.63) is 76.4 Å². The summed E-state index contributed by atoms with van der Waals surface area (Å²) >= 11 is 1.53. The van der Waals surface area contributed by atoms with Gasteiger partial charge in [-0.05, 0) is 60.2 Å². The second-order valence-corrected chi connectivity index (χ2v) is 7.98. The molecule has 1 aromatic carbocycles. The maximum Gasteiger partial charge on any atom is 0.336 e. The van der Waals surface area contributed by atoms with Crippen molar-refractivity contribution in [3.63, 3.8) is 0 Å². The number of hydrogen-bond acceptors (Lipinski definition) is 6. The van der Waals surface area contributed by atoms with Crippen LogP contribution in [-0.4, -0.2) is 14.8 Å². The normalized spacial score (nSPS) is 13.1. The molecule has 0 amide bonds. The van der Waals surface area contributed by atoms with Crippen LogP contribution < -0.4 is 5.63 Å². The summed E-state index contributed by atoms with van der Waals surface area (Å²) in [7, 11) is 0. The van der Waals surface area contributed by atoms with Crippen molar-refractivity contribution in [3.8, 4) is 11.6 Å². The van der Waals surface area contributed by atoms with Crippen molar-refractivity contribution < 1.29 is 8.83 Å². The highest BCUT2D eigenvalue weighted by atomic mass is 32.2. The predicted octanol–water partition coefficient (Wildman–Crippen LogP) is 4.61. The third-order valence-electron chi connectivity index (χ3n) is 5.17. The van der Waals surface area contributed by atoms with Gasteiger partial charge in [0.1, 0.15) is 5.58 Å². The van der Waals surface area contributed by atoms with Gasteiger partial charge in [0, 0.05) is 23.8 Å². The molecule has 0 spiro atoms. The molecule has 0 saturated carbocycles. The van der Waals surface area contributed by atoms with E-state index >= 15 is 0 Å². The number of rotatable bonds is 6. The van der Waals surface area contributed by atoms with Gasteiger partial charge in [0.15, 0.2) is 10.9 Å². The topological polar surface area (TPSA) is 74.1 Å². The number of fused-ring (bicyclic) bond motifs is 2. The van der Waals surface area contributed by atoms with E-state index in [0.29, 0.717) is 29.5 Å². The van der Waals surface area contributed by atoms with E-state index in [1.807, 2.05) is 22.8 Å². The average Bonchev–Trinajstić information content (AvgIpc) is 3.45. The number of hydrogen-bond donors (Lipinski definition) is 0. The molecule has 146 valence electrons. The summed E-state index contributed by atoms with van der Waals surface area (Å²) in [5.74, 6) is 1.91. The second kappa shape index (κ2) is 7.40. The average molecular weight is 405 g/mol. The zero-order valence-electron chi connectivity index (χ0n) is 15.8. The van der Waals surface area contributed by atoms with Gasteiger partial charge < -0.3 is 8.83 Å². The van der Waals surface area contributed by atoms with Crippen molar-refractivity contribution >= 4 is 22.7 Å². The van der Waals surface area contributed by atoms with Gasteiger partial charge >= 0.3 is 5.63 Å². The van der Waals surface area contributed by atoms with Gasteiger partial charge in [-0.1, -0.05) is 17.8 Å². The van der Waals surface area contributed by atoms with Crippen LogP contribution in [0.5, 0.6) is 0 Å². The standard InChI is InChI=1S/C22H19N3O3S/c1-2-8-25-21(18-7-4-9-27-18)23-24-22(25)29-13-16-12-20(26)28-19-11-15-6-3-5-14(15)10-17(16)19/h2,4,7,9-12H,1,3,5-6,8,13H2. The van der Waals surface area contributed by atoms with Gasteiger partial charge in [0.2, 0.25) is 5.82 Å². The fourth-order valence-electron chi connectivity index (χ4n) is 3.83.